The van der Waals surface area contributed by atoms with Gasteiger partial charge in [0, 0.05) is 24.4 Å². The molecule has 1 aromatic heterocycles. The Balaban J connectivity index is 1.88. The van der Waals surface area contributed by atoms with Crippen LogP contribution >= 0.6 is 11.3 Å². The van der Waals surface area contributed by atoms with Gasteiger partial charge in [0.25, 0.3) is 10.0 Å². The maximum atomic E-state index is 13.1. The number of sulfonamides is 1. The van der Waals surface area contributed by atoms with Crippen LogP contribution in [-0.2, 0) is 23.0 Å². The summed E-state index contributed by atoms with van der Waals surface area (Å²) in [5.74, 6) is -2.30. The summed E-state index contributed by atoms with van der Waals surface area (Å²) < 4.78 is 52.6. The van der Waals surface area contributed by atoms with Gasteiger partial charge in [0.15, 0.2) is 16.8 Å². The van der Waals surface area contributed by atoms with Gasteiger partial charge in [-0.25, -0.2) is 22.2 Å². The fraction of sp³-hybridized carbons (Fsp3) is 0.250. The van der Waals surface area contributed by atoms with Gasteiger partial charge in [-0.2, -0.15) is 0 Å². The summed E-state index contributed by atoms with van der Waals surface area (Å²) in [5, 5.41) is 3.39. The first-order chi connectivity index (χ1) is 9.95. The first-order valence-electron chi connectivity index (χ1n) is 6.13. The van der Waals surface area contributed by atoms with Crippen molar-refractivity contribution in [3.63, 3.8) is 0 Å². The number of hydrogen-bond donors (Lipinski definition) is 2. The minimum absolute atomic E-state index is 0.230. The second kappa shape index (κ2) is 5.32. The monoisotopic (exact) mass is 331 g/mol. The molecule has 2 N–H and O–H groups in total. The quantitative estimate of drug-likeness (QED) is 0.901. The average molecular weight is 331 g/mol. The summed E-state index contributed by atoms with van der Waals surface area (Å²) in [7, 11) is -3.98. The van der Waals surface area contributed by atoms with E-state index in [1.165, 1.54) is 11.3 Å². The van der Waals surface area contributed by atoms with Crippen molar-refractivity contribution in [2.75, 3.05) is 11.3 Å². The van der Waals surface area contributed by atoms with Gasteiger partial charge in [0.1, 0.15) is 0 Å². The summed E-state index contributed by atoms with van der Waals surface area (Å²) in [4.78, 5) is 4.86. The highest BCUT2D eigenvalue weighted by Gasteiger charge is 2.21. The van der Waals surface area contributed by atoms with Gasteiger partial charge in [-0.15, -0.1) is 0 Å². The van der Waals surface area contributed by atoms with Crippen LogP contribution in [-0.4, -0.2) is 19.9 Å². The van der Waals surface area contributed by atoms with Crippen LogP contribution in [0.4, 0.5) is 13.9 Å². The lowest BCUT2D eigenvalue weighted by Crippen LogP contribution is -2.22. The number of hydrogen-bond acceptors (Lipinski definition) is 5. The third-order valence-corrected chi connectivity index (χ3v) is 5.50. The molecule has 0 aliphatic carbocycles. The van der Waals surface area contributed by atoms with Crippen molar-refractivity contribution in [1.82, 2.24) is 10.3 Å². The van der Waals surface area contributed by atoms with E-state index in [1.807, 2.05) is 0 Å². The van der Waals surface area contributed by atoms with Gasteiger partial charge in [-0.3, -0.25) is 4.72 Å². The molecule has 5 nitrogen and oxygen atoms in total. The van der Waals surface area contributed by atoms with Crippen LogP contribution in [0.25, 0.3) is 0 Å². The van der Waals surface area contributed by atoms with E-state index in [-0.39, 0.29) is 10.0 Å². The lowest BCUT2D eigenvalue weighted by atomic mass is 10.2. The molecule has 112 valence electrons. The second-order valence-corrected chi connectivity index (χ2v) is 7.26. The van der Waals surface area contributed by atoms with Gasteiger partial charge in [0.05, 0.1) is 10.6 Å². The number of rotatable bonds is 3. The van der Waals surface area contributed by atoms with Crippen LogP contribution in [0, 0.1) is 11.6 Å². The standard InChI is InChI=1S/C12H11F2N3O2S2/c13-8-2-1-7(5-9(8)14)21(18,19)17-12-16-10-3-4-15-6-11(10)20-12/h1-2,5,15H,3-4,6H2,(H,16,17). The minimum Gasteiger partial charge on any atom is -0.311 e. The molecule has 0 unspecified atom stereocenters. The Hall–Kier alpha value is -1.58. The van der Waals surface area contributed by atoms with E-state index in [1.54, 1.807) is 0 Å². The molecule has 0 radical (unpaired) electrons. The van der Waals surface area contributed by atoms with Crippen molar-refractivity contribution in [2.45, 2.75) is 17.9 Å². The van der Waals surface area contributed by atoms with E-state index < -0.39 is 21.7 Å². The van der Waals surface area contributed by atoms with Gasteiger partial charge < -0.3 is 5.32 Å². The SMILES string of the molecule is O=S(=O)(Nc1nc2c(s1)CNCC2)c1ccc(F)c(F)c1. The molecule has 0 fully saturated rings. The number of halogens is 2. The van der Waals surface area contributed by atoms with Gasteiger partial charge >= 0.3 is 0 Å². The predicted octanol–water partition coefficient (Wildman–Crippen LogP) is 1.87. The zero-order valence-electron chi connectivity index (χ0n) is 10.7. The molecule has 0 atom stereocenters. The van der Waals surface area contributed by atoms with Crippen LogP contribution in [0.1, 0.15) is 10.6 Å². The average Bonchev–Trinajstić information content (AvgIpc) is 2.82. The zero-order valence-corrected chi connectivity index (χ0v) is 12.3. The van der Waals surface area contributed by atoms with Crippen molar-refractivity contribution in [3.05, 3.63) is 40.4 Å². The number of fused-ring (bicyclic) bond motifs is 1. The molecule has 21 heavy (non-hydrogen) atoms. The summed E-state index contributed by atoms with van der Waals surface area (Å²) in [5.41, 5.74) is 0.863. The summed E-state index contributed by atoms with van der Waals surface area (Å²) in [6.45, 7) is 1.45. The number of nitrogens with zero attached hydrogens (tertiary/aromatic N) is 1. The molecule has 1 aromatic carbocycles. The van der Waals surface area contributed by atoms with Crippen LogP contribution in [0.5, 0.6) is 0 Å². The minimum atomic E-state index is -3.98. The van der Waals surface area contributed by atoms with E-state index in [4.69, 9.17) is 0 Å². The van der Waals surface area contributed by atoms with Gasteiger partial charge in [-0.05, 0) is 18.2 Å². The highest BCUT2D eigenvalue weighted by molar-refractivity contribution is 7.93. The van der Waals surface area contributed by atoms with E-state index in [2.05, 4.69) is 15.0 Å². The first kappa shape index (κ1) is 14.4. The molecule has 0 amide bonds. The Morgan fingerprint density at radius 1 is 1.29 bits per heavy atom. The summed E-state index contributed by atoms with van der Waals surface area (Å²) in [6, 6.07) is 2.43. The van der Waals surface area contributed by atoms with Crippen LogP contribution in [0.15, 0.2) is 23.1 Å². The van der Waals surface area contributed by atoms with Crippen molar-refractivity contribution in [1.29, 1.82) is 0 Å². The van der Waals surface area contributed by atoms with Crippen molar-refractivity contribution in [2.24, 2.45) is 0 Å². The molecular formula is C12H11F2N3O2S2. The highest BCUT2D eigenvalue weighted by atomic mass is 32.2. The van der Waals surface area contributed by atoms with E-state index >= 15 is 0 Å². The summed E-state index contributed by atoms with van der Waals surface area (Å²) >= 11 is 1.23. The topological polar surface area (TPSA) is 71.1 Å². The Morgan fingerprint density at radius 3 is 2.81 bits per heavy atom. The van der Waals surface area contributed by atoms with Gasteiger partial charge in [-0.1, -0.05) is 11.3 Å². The van der Waals surface area contributed by atoms with Crippen molar-refractivity contribution >= 4 is 26.5 Å². The fourth-order valence-electron chi connectivity index (χ4n) is 1.99. The molecular weight excluding hydrogens is 320 g/mol. The van der Waals surface area contributed by atoms with Gasteiger partial charge in [0.2, 0.25) is 0 Å². The zero-order chi connectivity index (χ0) is 15.0. The largest absolute Gasteiger partial charge is 0.311 e. The second-order valence-electron chi connectivity index (χ2n) is 4.50. The molecule has 0 saturated carbocycles. The first-order valence-corrected chi connectivity index (χ1v) is 8.43. The molecule has 2 heterocycles. The molecule has 0 bridgehead atoms. The molecule has 3 rings (SSSR count). The highest BCUT2D eigenvalue weighted by Crippen LogP contribution is 2.27. The number of aromatic nitrogens is 1. The number of thiazole rings is 1. The molecule has 2 aromatic rings. The Bertz CT molecular complexity index is 766. The Labute approximate surface area is 124 Å². The van der Waals surface area contributed by atoms with E-state index in [0.717, 1.165) is 35.7 Å². The molecule has 0 saturated heterocycles. The number of benzene rings is 1. The third kappa shape index (κ3) is 2.89. The lowest BCUT2D eigenvalue weighted by Gasteiger charge is -2.09. The fourth-order valence-corrected chi connectivity index (χ4v) is 4.21. The normalized spacial score (nSPS) is 14.8. The van der Waals surface area contributed by atoms with Crippen LogP contribution in [0.3, 0.4) is 0 Å². The molecule has 0 spiro atoms. The predicted molar refractivity (Wildman–Crippen MR) is 74.7 cm³/mol. The smallest absolute Gasteiger partial charge is 0.263 e. The van der Waals surface area contributed by atoms with Crippen molar-refractivity contribution < 1.29 is 17.2 Å². The Kier molecular flexibility index (Phi) is 3.64. The maximum absolute atomic E-state index is 13.1. The third-order valence-electron chi connectivity index (χ3n) is 3.03. The molecule has 1 aliphatic rings. The van der Waals surface area contributed by atoms with E-state index in [0.29, 0.717) is 12.6 Å². The summed E-state index contributed by atoms with van der Waals surface area (Å²) in [6.07, 6.45) is 0.735. The van der Waals surface area contributed by atoms with Crippen molar-refractivity contribution in [3.8, 4) is 0 Å². The Morgan fingerprint density at radius 2 is 2.10 bits per heavy atom. The van der Waals surface area contributed by atoms with Crippen LogP contribution in [0.2, 0.25) is 0 Å². The number of nitrogens with one attached hydrogen (secondary N) is 2. The molecule has 9 heteroatoms. The lowest BCUT2D eigenvalue weighted by molar-refractivity contribution is 0.504. The van der Waals surface area contributed by atoms with Crippen LogP contribution < -0.4 is 10.0 Å². The molecule has 1 aliphatic heterocycles. The van der Waals surface area contributed by atoms with E-state index in [9.17, 15) is 17.2 Å². The number of anilines is 1. The maximum Gasteiger partial charge on any atom is 0.263 e.